The fourth-order valence-electron chi connectivity index (χ4n) is 6.57. The van der Waals surface area contributed by atoms with Crippen LogP contribution >= 0.6 is 34.8 Å². The van der Waals surface area contributed by atoms with Crippen LogP contribution in [-0.2, 0) is 6.54 Å². The molecule has 1 aliphatic heterocycles. The highest BCUT2D eigenvalue weighted by atomic mass is 35.5. The van der Waals surface area contributed by atoms with E-state index >= 15 is 0 Å². The molecular formula is C36H31Cl3N4. The Bertz CT molecular complexity index is 1760. The third-order valence-corrected chi connectivity index (χ3v) is 9.89. The molecule has 4 aromatic carbocycles. The number of benzene rings is 4. The zero-order chi connectivity index (χ0) is 29.5. The predicted octanol–water partition coefficient (Wildman–Crippen LogP) is 9.76. The summed E-state index contributed by atoms with van der Waals surface area (Å²) in [6, 6.07) is 31.4. The lowest BCUT2D eigenvalue weighted by Gasteiger charge is -2.34. The number of likely N-dealkylation sites (tertiary alicyclic amines) is 1. The number of nitriles is 1. The van der Waals surface area contributed by atoms with Crippen LogP contribution in [0.15, 0.2) is 84.9 Å². The van der Waals surface area contributed by atoms with Gasteiger partial charge in [0.15, 0.2) is 0 Å². The lowest BCUT2D eigenvalue weighted by molar-refractivity contribution is 0.180. The minimum Gasteiger partial charge on any atom is -0.325 e. The van der Waals surface area contributed by atoms with Crippen molar-refractivity contribution < 1.29 is 0 Å². The summed E-state index contributed by atoms with van der Waals surface area (Å²) in [5.74, 6) is 1.83. The Hall–Kier alpha value is -3.33. The van der Waals surface area contributed by atoms with E-state index in [9.17, 15) is 5.26 Å². The summed E-state index contributed by atoms with van der Waals surface area (Å²) in [7, 11) is 0. The quantitative estimate of drug-likeness (QED) is 0.169. The smallest absolute Gasteiger partial charge is 0.113 e. The van der Waals surface area contributed by atoms with Crippen LogP contribution < -0.4 is 0 Å². The summed E-state index contributed by atoms with van der Waals surface area (Å²) < 4.78 is 2.57. The van der Waals surface area contributed by atoms with Crippen molar-refractivity contribution in [1.82, 2.24) is 14.5 Å². The van der Waals surface area contributed by atoms with Crippen molar-refractivity contribution in [2.45, 2.75) is 50.1 Å². The number of hydrogen-bond donors (Lipinski definition) is 0. The van der Waals surface area contributed by atoms with Crippen molar-refractivity contribution in [2.24, 2.45) is 0 Å². The van der Waals surface area contributed by atoms with Gasteiger partial charge in [-0.05, 0) is 90.4 Å². The molecule has 7 heteroatoms. The highest BCUT2D eigenvalue weighted by molar-refractivity contribution is 6.32. The van der Waals surface area contributed by atoms with Gasteiger partial charge < -0.3 is 4.57 Å². The van der Waals surface area contributed by atoms with Gasteiger partial charge in [0.2, 0.25) is 0 Å². The maximum absolute atomic E-state index is 9.39. The summed E-state index contributed by atoms with van der Waals surface area (Å²) >= 11 is 19.1. The van der Waals surface area contributed by atoms with Crippen molar-refractivity contribution in [3.8, 4) is 6.07 Å². The molecule has 0 unspecified atom stereocenters. The van der Waals surface area contributed by atoms with Gasteiger partial charge in [0, 0.05) is 47.6 Å². The highest BCUT2D eigenvalue weighted by Crippen LogP contribution is 2.44. The van der Waals surface area contributed by atoms with Crippen LogP contribution in [0.25, 0.3) is 11.0 Å². The van der Waals surface area contributed by atoms with E-state index in [4.69, 9.17) is 39.8 Å². The number of nitrogens with zero attached hydrogens (tertiary/aromatic N) is 4. The van der Waals surface area contributed by atoms with E-state index in [1.54, 1.807) is 6.07 Å². The standard InChI is InChI=1S/C36H31Cl3N4/c37-29-11-6-23(7-12-29)34(24-8-13-30(38)14-9-24)26-10-15-32-33(20-26)43(36(41-32)25-4-5-25)31-16-18-42(19-17-31)22-28-3-1-2-27(21-40)35(28)39/h1-3,6-15,20,25,31,34H,4-5,16-19,22H2. The topological polar surface area (TPSA) is 44.9 Å². The zero-order valence-electron chi connectivity index (χ0n) is 23.7. The molecule has 5 aromatic rings. The number of hydrogen-bond acceptors (Lipinski definition) is 3. The minimum atomic E-state index is 0.0439. The summed E-state index contributed by atoms with van der Waals surface area (Å²) in [5.41, 5.74) is 7.45. The monoisotopic (exact) mass is 624 g/mol. The molecule has 0 radical (unpaired) electrons. The molecule has 1 saturated carbocycles. The fraction of sp³-hybridized carbons (Fsp3) is 0.278. The first-order valence-electron chi connectivity index (χ1n) is 14.9. The van der Waals surface area contributed by atoms with Gasteiger partial charge in [-0.2, -0.15) is 5.26 Å². The molecule has 0 atom stereocenters. The largest absolute Gasteiger partial charge is 0.325 e. The van der Waals surface area contributed by atoms with E-state index in [2.05, 4.69) is 58.0 Å². The zero-order valence-corrected chi connectivity index (χ0v) is 26.0. The lowest BCUT2D eigenvalue weighted by Crippen LogP contribution is -2.34. The lowest BCUT2D eigenvalue weighted by atomic mass is 9.85. The van der Waals surface area contributed by atoms with Gasteiger partial charge in [-0.3, -0.25) is 4.90 Å². The van der Waals surface area contributed by atoms with Crippen molar-refractivity contribution in [3.05, 3.63) is 134 Å². The number of fused-ring (bicyclic) bond motifs is 1. The first-order valence-corrected chi connectivity index (χ1v) is 16.0. The van der Waals surface area contributed by atoms with Crippen LogP contribution in [0.1, 0.15) is 77.2 Å². The van der Waals surface area contributed by atoms with Crippen LogP contribution in [0.2, 0.25) is 15.1 Å². The Morgan fingerprint density at radius 1 is 0.791 bits per heavy atom. The molecule has 4 nitrogen and oxygen atoms in total. The molecule has 0 bridgehead atoms. The van der Waals surface area contributed by atoms with Crippen molar-refractivity contribution >= 4 is 45.8 Å². The van der Waals surface area contributed by atoms with Gasteiger partial charge in [0.25, 0.3) is 0 Å². The molecule has 1 aliphatic carbocycles. The number of aromatic nitrogens is 2. The van der Waals surface area contributed by atoms with Crippen LogP contribution in [0, 0.1) is 11.3 Å². The van der Waals surface area contributed by atoms with E-state index in [1.165, 1.54) is 40.9 Å². The van der Waals surface area contributed by atoms with E-state index in [1.807, 2.05) is 36.4 Å². The van der Waals surface area contributed by atoms with E-state index < -0.39 is 0 Å². The SMILES string of the molecule is N#Cc1cccc(CN2CCC(n3c(C4CC4)nc4ccc(C(c5ccc(Cl)cc5)c5ccc(Cl)cc5)cc43)CC2)c1Cl. The highest BCUT2D eigenvalue weighted by Gasteiger charge is 2.33. The molecule has 2 heterocycles. The van der Waals surface area contributed by atoms with Gasteiger partial charge in [-0.15, -0.1) is 0 Å². The Morgan fingerprint density at radius 3 is 2.02 bits per heavy atom. The van der Waals surface area contributed by atoms with E-state index in [-0.39, 0.29) is 5.92 Å². The van der Waals surface area contributed by atoms with Crippen LogP contribution in [0.4, 0.5) is 0 Å². The van der Waals surface area contributed by atoms with E-state index in [0.717, 1.165) is 53.6 Å². The number of piperidine rings is 1. The number of halogens is 3. The molecule has 43 heavy (non-hydrogen) atoms. The molecule has 0 spiro atoms. The predicted molar refractivity (Wildman–Crippen MR) is 175 cm³/mol. The molecule has 0 amide bonds. The first-order chi connectivity index (χ1) is 21.0. The summed E-state index contributed by atoms with van der Waals surface area (Å²) in [4.78, 5) is 7.66. The molecule has 216 valence electrons. The van der Waals surface area contributed by atoms with Crippen LogP contribution in [0.3, 0.4) is 0 Å². The van der Waals surface area contributed by atoms with Crippen molar-refractivity contribution in [1.29, 1.82) is 5.26 Å². The second kappa shape index (κ2) is 12.0. The van der Waals surface area contributed by atoms with Crippen LogP contribution in [-0.4, -0.2) is 27.5 Å². The minimum absolute atomic E-state index is 0.0439. The van der Waals surface area contributed by atoms with Gasteiger partial charge in [0.05, 0.1) is 21.6 Å². The molecule has 1 saturated heterocycles. The van der Waals surface area contributed by atoms with E-state index in [0.29, 0.717) is 22.5 Å². The maximum Gasteiger partial charge on any atom is 0.113 e. The average molecular weight is 626 g/mol. The van der Waals surface area contributed by atoms with Gasteiger partial charge in [-0.25, -0.2) is 4.98 Å². The second-order valence-electron chi connectivity index (χ2n) is 11.8. The van der Waals surface area contributed by atoms with Crippen molar-refractivity contribution in [3.63, 3.8) is 0 Å². The summed E-state index contributed by atoms with van der Waals surface area (Å²) in [6.45, 7) is 2.70. The Morgan fingerprint density at radius 2 is 1.42 bits per heavy atom. The van der Waals surface area contributed by atoms with Gasteiger partial charge in [-0.1, -0.05) is 77.3 Å². The van der Waals surface area contributed by atoms with Gasteiger partial charge >= 0.3 is 0 Å². The average Bonchev–Trinajstić information content (AvgIpc) is 3.81. The molecule has 1 aromatic heterocycles. The third kappa shape index (κ3) is 5.80. The second-order valence-corrected chi connectivity index (χ2v) is 13.0. The maximum atomic E-state index is 9.39. The van der Waals surface area contributed by atoms with Gasteiger partial charge in [0.1, 0.15) is 11.9 Å². The molecule has 7 rings (SSSR count). The van der Waals surface area contributed by atoms with Crippen molar-refractivity contribution in [2.75, 3.05) is 13.1 Å². The Labute approximate surface area is 267 Å². The molecule has 0 N–H and O–H groups in total. The fourth-order valence-corrected chi connectivity index (χ4v) is 7.05. The molecule has 2 fully saturated rings. The summed E-state index contributed by atoms with van der Waals surface area (Å²) in [6.07, 6.45) is 4.51. The molecule has 2 aliphatic rings. The Balaban J connectivity index is 1.22. The molecular weight excluding hydrogens is 595 g/mol. The number of imidazole rings is 1. The third-order valence-electron chi connectivity index (χ3n) is 8.94. The first kappa shape index (κ1) is 28.4. The Kier molecular flexibility index (Phi) is 7.93. The summed E-state index contributed by atoms with van der Waals surface area (Å²) in [5, 5.41) is 11.4. The number of rotatable bonds is 7. The normalized spacial score (nSPS) is 16.2. The van der Waals surface area contributed by atoms with Crippen LogP contribution in [0.5, 0.6) is 0 Å².